The fourth-order valence-electron chi connectivity index (χ4n) is 8.30. The SMILES string of the molecule is COCCCN(CC1(O)CCC2c3ccc(cc3C(=O)C3CCCCC3)CC(O)CCC(C)=CCCC21C)S(=O)(=O)c1cccs1. The van der Waals surface area contributed by atoms with Crippen LogP contribution >= 0.6 is 11.3 Å². The predicted molar refractivity (Wildman–Crippen MR) is 184 cm³/mol. The molecule has 0 saturated heterocycles. The molecule has 2 N–H and O–H groups in total. The fraction of sp³-hybridized carbons (Fsp3) is 0.649. The van der Waals surface area contributed by atoms with Crippen LogP contribution in [0.15, 0.2) is 51.6 Å². The van der Waals surface area contributed by atoms with E-state index in [2.05, 4.69) is 32.1 Å². The van der Waals surface area contributed by atoms with Crippen molar-refractivity contribution in [2.24, 2.45) is 11.3 Å². The van der Waals surface area contributed by atoms with Crippen molar-refractivity contribution in [3.05, 3.63) is 64.1 Å². The van der Waals surface area contributed by atoms with Crippen LogP contribution in [0.1, 0.15) is 118 Å². The van der Waals surface area contributed by atoms with Gasteiger partial charge in [0.05, 0.1) is 11.7 Å². The Morgan fingerprint density at radius 1 is 1.11 bits per heavy atom. The van der Waals surface area contributed by atoms with Crippen LogP contribution in [0.3, 0.4) is 0 Å². The van der Waals surface area contributed by atoms with E-state index in [-0.39, 0.29) is 34.9 Å². The number of nitrogens with zero attached hydrogens (tertiary/aromatic N) is 1. The maximum absolute atomic E-state index is 14.3. The molecule has 4 atom stereocenters. The highest BCUT2D eigenvalue weighted by Crippen LogP contribution is 2.59. The minimum atomic E-state index is -3.83. The molecule has 0 spiro atoms. The number of methoxy groups -OCH3 is 1. The van der Waals surface area contributed by atoms with Crippen LogP contribution in [0.4, 0.5) is 0 Å². The number of carbonyl (C=O) groups is 1. The van der Waals surface area contributed by atoms with E-state index >= 15 is 0 Å². The van der Waals surface area contributed by atoms with E-state index in [0.717, 1.165) is 55.2 Å². The molecule has 0 radical (unpaired) electrons. The number of aliphatic hydroxyl groups is 2. The lowest BCUT2D eigenvalue weighted by Gasteiger charge is -2.46. The van der Waals surface area contributed by atoms with E-state index in [1.165, 1.54) is 27.6 Å². The smallest absolute Gasteiger partial charge is 0.252 e. The number of aliphatic hydroxyl groups excluding tert-OH is 1. The summed E-state index contributed by atoms with van der Waals surface area (Å²) in [4.78, 5) is 14.3. The lowest BCUT2D eigenvalue weighted by molar-refractivity contribution is -0.0727. The summed E-state index contributed by atoms with van der Waals surface area (Å²) in [7, 11) is -2.22. The van der Waals surface area contributed by atoms with Gasteiger partial charge in [-0.05, 0) is 106 Å². The number of ketones is 1. The van der Waals surface area contributed by atoms with Crippen molar-refractivity contribution >= 4 is 27.1 Å². The highest BCUT2D eigenvalue weighted by molar-refractivity contribution is 7.91. The molecule has 1 heterocycles. The van der Waals surface area contributed by atoms with Gasteiger partial charge in [-0.15, -0.1) is 11.3 Å². The van der Waals surface area contributed by atoms with Gasteiger partial charge in [0.25, 0.3) is 10.0 Å². The Kier molecular flexibility index (Phi) is 11.6. The molecule has 1 aromatic carbocycles. The van der Waals surface area contributed by atoms with Crippen LogP contribution in [0.5, 0.6) is 0 Å². The lowest BCUT2D eigenvalue weighted by Crippen LogP contribution is -2.54. The van der Waals surface area contributed by atoms with Crippen LogP contribution in [0.25, 0.3) is 0 Å². The Morgan fingerprint density at radius 2 is 1.89 bits per heavy atom. The lowest BCUT2D eigenvalue weighted by atomic mass is 9.64. The summed E-state index contributed by atoms with van der Waals surface area (Å²) in [6, 6.07) is 9.54. The number of Topliss-reactive ketones (excluding diaryl/α,β-unsaturated/α-hetero) is 1. The maximum atomic E-state index is 14.3. The number of rotatable bonds is 10. The molecule has 7 nitrogen and oxygen atoms in total. The first-order chi connectivity index (χ1) is 22.0. The maximum Gasteiger partial charge on any atom is 0.252 e. The number of fused-ring (bicyclic) bond motifs is 8. The fourth-order valence-corrected chi connectivity index (χ4v) is 11.0. The summed E-state index contributed by atoms with van der Waals surface area (Å²) < 4.78 is 34.9. The second-order valence-corrected chi connectivity index (χ2v) is 17.4. The van der Waals surface area contributed by atoms with E-state index in [1.807, 2.05) is 6.07 Å². The van der Waals surface area contributed by atoms with Crippen molar-refractivity contribution in [3.8, 4) is 0 Å². The molecule has 2 saturated carbocycles. The predicted octanol–water partition coefficient (Wildman–Crippen LogP) is 7.28. The normalized spacial score (nSPS) is 28.2. The summed E-state index contributed by atoms with van der Waals surface area (Å²) in [5.74, 6) is 0.0601. The quantitative estimate of drug-likeness (QED) is 0.156. The van der Waals surface area contributed by atoms with Crippen LogP contribution in [0, 0.1) is 11.3 Å². The molecule has 2 fully saturated rings. The number of allylic oxidation sites excluding steroid dienone is 2. The van der Waals surface area contributed by atoms with Gasteiger partial charge in [-0.1, -0.05) is 56.0 Å². The highest BCUT2D eigenvalue weighted by atomic mass is 32.2. The topological polar surface area (TPSA) is 104 Å². The minimum absolute atomic E-state index is 0.00380. The Hall–Kier alpha value is -1.88. The van der Waals surface area contributed by atoms with Crippen LogP contribution in [0.2, 0.25) is 0 Å². The largest absolute Gasteiger partial charge is 0.393 e. The van der Waals surface area contributed by atoms with Crippen molar-refractivity contribution in [1.29, 1.82) is 0 Å². The standard InChI is InChI=1S/C37H53NO6S2/c1-27-10-7-19-36(2)33(18-20-37(36,41)26-38(21-9-22-44-3)46(42,43)34-13-8-23-45-34)31-17-15-28(24-30(39)16-14-27)25-32(31)35(40)29-11-5-4-6-12-29/h8,10,13,15,17,23,25,29-30,33,39,41H,4-7,9,11-12,14,16,18-22,24,26H2,1-3H3. The van der Waals surface area contributed by atoms with Crippen molar-refractivity contribution in [1.82, 2.24) is 4.31 Å². The minimum Gasteiger partial charge on any atom is -0.393 e. The van der Waals surface area contributed by atoms with Crippen LogP contribution in [-0.2, 0) is 21.2 Å². The van der Waals surface area contributed by atoms with Gasteiger partial charge < -0.3 is 14.9 Å². The molecule has 254 valence electrons. The Morgan fingerprint density at radius 3 is 2.61 bits per heavy atom. The molecule has 1 aromatic heterocycles. The highest BCUT2D eigenvalue weighted by Gasteiger charge is 2.58. The number of hydrogen-bond donors (Lipinski definition) is 2. The van der Waals surface area contributed by atoms with E-state index in [4.69, 9.17) is 4.74 Å². The summed E-state index contributed by atoms with van der Waals surface area (Å²) in [5, 5.41) is 25.5. The molecule has 2 bridgehead atoms. The second-order valence-electron chi connectivity index (χ2n) is 14.3. The van der Waals surface area contributed by atoms with Gasteiger partial charge in [0.1, 0.15) is 4.21 Å². The molecule has 46 heavy (non-hydrogen) atoms. The summed E-state index contributed by atoms with van der Waals surface area (Å²) in [5.41, 5.74) is 1.88. The molecule has 9 heteroatoms. The molecular formula is C37H53NO6S2. The van der Waals surface area contributed by atoms with Gasteiger partial charge in [-0.2, -0.15) is 4.31 Å². The summed E-state index contributed by atoms with van der Waals surface area (Å²) in [6.45, 7) is 4.88. The monoisotopic (exact) mass is 671 g/mol. The van der Waals surface area contributed by atoms with Crippen LogP contribution < -0.4 is 0 Å². The van der Waals surface area contributed by atoms with Gasteiger partial charge in [-0.3, -0.25) is 4.79 Å². The number of thiophene rings is 1. The zero-order chi connectivity index (χ0) is 33.0. The molecule has 4 aliphatic carbocycles. The molecule has 0 amide bonds. The van der Waals surface area contributed by atoms with E-state index < -0.39 is 27.1 Å². The molecule has 2 aromatic rings. The van der Waals surface area contributed by atoms with Crippen molar-refractivity contribution < 1.29 is 28.2 Å². The molecular weight excluding hydrogens is 619 g/mol. The average molecular weight is 672 g/mol. The number of carbonyl (C=O) groups excluding carboxylic acids is 1. The molecule has 6 rings (SSSR count). The Balaban J connectivity index is 1.58. The third-order valence-corrected chi connectivity index (χ3v) is 14.4. The third-order valence-electron chi connectivity index (χ3n) is 11.2. The van der Waals surface area contributed by atoms with Crippen LogP contribution in [-0.4, -0.2) is 67.2 Å². The Labute approximate surface area is 280 Å². The van der Waals surface area contributed by atoms with Gasteiger partial charge in [0.15, 0.2) is 5.78 Å². The number of hydrogen-bond acceptors (Lipinski definition) is 7. The Bertz CT molecular complexity index is 1460. The van der Waals surface area contributed by atoms with Crippen molar-refractivity contribution in [2.45, 2.75) is 119 Å². The van der Waals surface area contributed by atoms with Crippen molar-refractivity contribution in [3.63, 3.8) is 0 Å². The van der Waals surface area contributed by atoms with Gasteiger partial charge in [-0.25, -0.2) is 8.42 Å². The molecule has 0 aliphatic heterocycles. The first kappa shape index (κ1) is 35.4. The van der Waals surface area contributed by atoms with E-state index in [9.17, 15) is 23.4 Å². The number of ether oxygens (including phenoxy) is 1. The summed E-state index contributed by atoms with van der Waals surface area (Å²) >= 11 is 1.19. The zero-order valence-corrected chi connectivity index (χ0v) is 29.5. The second kappa shape index (κ2) is 15.1. The van der Waals surface area contributed by atoms with E-state index in [1.54, 1.807) is 24.6 Å². The molecule has 4 aliphatic rings. The van der Waals surface area contributed by atoms with Crippen molar-refractivity contribution in [2.75, 3.05) is 26.8 Å². The van der Waals surface area contributed by atoms with E-state index in [0.29, 0.717) is 45.1 Å². The zero-order valence-electron chi connectivity index (χ0n) is 27.9. The molecule has 4 unspecified atom stereocenters. The number of benzene rings is 1. The van der Waals surface area contributed by atoms with Gasteiger partial charge in [0.2, 0.25) is 0 Å². The first-order valence-electron chi connectivity index (χ1n) is 17.2. The third kappa shape index (κ3) is 7.55. The summed E-state index contributed by atoms with van der Waals surface area (Å²) in [6.07, 6.45) is 11.8. The van der Waals surface area contributed by atoms with Gasteiger partial charge in [0, 0.05) is 43.7 Å². The van der Waals surface area contributed by atoms with Gasteiger partial charge >= 0.3 is 0 Å². The average Bonchev–Trinajstić information content (AvgIpc) is 3.67. The first-order valence-corrected chi connectivity index (χ1v) is 19.6. The number of sulfonamides is 1.